The van der Waals surface area contributed by atoms with Gasteiger partial charge >= 0.3 is 0 Å². The molecule has 0 aliphatic heterocycles. The van der Waals surface area contributed by atoms with Gasteiger partial charge in [0.1, 0.15) is 28.6 Å². The Morgan fingerprint density at radius 2 is 1.64 bits per heavy atom. The number of ether oxygens (including phenoxy) is 1. The van der Waals surface area contributed by atoms with Gasteiger partial charge in [0.15, 0.2) is 17.2 Å². The van der Waals surface area contributed by atoms with Crippen molar-refractivity contribution in [3.63, 3.8) is 0 Å². The molecule has 8 heteroatoms. The molecule has 0 saturated heterocycles. The number of benzene rings is 3. The lowest BCUT2D eigenvalue weighted by Gasteiger charge is -2.59. The summed E-state index contributed by atoms with van der Waals surface area (Å²) >= 11 is 0. The molecule has 6 rings (SSSR count). The number of allylic oxidation sites excluding steroid dienone is 2. The van der Waals surface area contributed by atoms with Gasteiger partial charge in [0.25, 0.3) is 0 Å². The Bertz CT molecular complexity index is 2020. The van der Waals surface area contributed by atoms with E-state index in [4.69, 9.17) is 4.74 Å². The van der Waals surface area contributed by atoms with Crippen LogP contribution in [0.1, 0.15) is 80.1 Å². The number of hydrogen-bond acceptors (Lipinski definition) is 8. The van der Waals surface area contributed by atoms with Crippen molar-refractivity contribution >= 4 is 17.3 Å². The topological polar surface area (TPSA) is 141 Å². The van der Waals surface area contributed by atoms with Gasteiger partial charge in [-0.25, -0.2) is 0 Å². The molecular weight excluding hydrogens is 632 g/mol. The number of aliphatic hydroxyl groups is 3. The van der Waals surface area contributed by atoms with Gasteiger partial charge in [0.2, 0.25) is 5.78 Å². The van der Waals surface area contributed by atoms with E-state index in [1.165, 1.54) is 17.2 Å². The van der Waals surface area contributed by atoms with E-state index in [2.05, 4.69) is 37.3 Å². The van der Waals surface area contributed by atoms with Crippen LogP contribution in [0.4, 0.5) is 0 Å². The summed E-state index contributed by atoms with van der Waals surface area (Å²) in [6, 6.07) is 17.7. The van der Waals surface area contributed by atoms with E-state index in [1.54, 1.807) is 27.0 Å². The number of methoxy groups -OCH3 is 1. The van der Waals surface area contributed by atoms with E-state index < -0.39 is 56.8 Å². The molecule has 0 fully saturated rings. The predicted molar refractivity (Wildman–Crippen MR) is 190 cm³/mol. The molecular formula is C42H46O8. The minimum absolute atomic E-state index is 0.0190. The summed E-state index contributed by atoms with van der Waals surface area (Å²) in [4.78, 5) is 41.2. The molecule has 262 valence electrons. The molecule has 0 saturated carbocycles. The van der Waals surface area contributed by atoms with Gasteiger partial charge in [-0.15, -0.1) is 0 Å². The third kappa shape index (κ3) is 5.10. The molecule has 50 heavy (non-hydrogen) atoms. The van der Waals surface area contributed by atoms with Gasteiger partial charge in [0.05, 0.1) is 12.7 Å². The summed E-state index contributed by atoms with van der Waals surface area (Å²) in [5, 5.41) is 46.9. The van der Waals surface area contributed by atoms with Crippen molar-refractivity contribution in [1.29, 1.82) is 0 Å². The van der Waals surface area contributed by atoms with Gasteiger partial charge in [0, 0.05) is 27.9 Å². The molecule has 0 spiro atoms. The number of rotatable bonds is 8. The van der Waals surface area contributed by atoms with Crippen LogP contribution in [0.15, 0.2) is 77.3 Å². The first-order chi connectivity index (χ1) is 23.5. The number of aromatic hydroxyl groups is 1. The van der Waals surface area contributed by atoms with E-state index in [1.807, 2.05) is 26.0 Å². The van der Waals surface area contributed by atoms with E-state index in [0.717, 1.165) is 37.3 Å². The van der Waals surface area contributed by atoms with E-state index in [0.29, 0.717) is 16.9 Å². The number of aliphatic hydroxyl groups excluding tert-OH is 2. The number of phenols is 1. The monoisotopic (exact) mass is 678 g/mol. The van der Waals surface area contributed by atoms with E-state index >= 15 is 0 Å². The van der Waals surface area contributed by atoms with Crippen LogP contribution >= 0.6 is 0 Å². The first-order valence-electron chi connectivity index (χ1n) is 17.3. The third-order valence-electron chi connectivity index (χ3n) is 11.5. The summed E-state index contributed by atoms with van der Waals surface area (Å²) in [7, 11) is 1.58. The highest BCUT2D eigenvalue weighted by Crippen LogP contribution is 2.65. The summed E-state index contributed by atoms with van der Waals surface area (Å²) in [5.74, 6) is -4.75. The van der Waals surface area contributed by atoms with E-state index in [-0.39, 0.29) is 35.6 Å². The molecule has 4 atom stereocenters. The highest BCUT2D eigenvalue weighted by Gasteiger charge is 2.71. The Morgan fingerprint density at radius 3 is 2.26 bits per heavy atom. The summed E-state index contributed by atoms with van der Waals surface area (Å²) in [6.45, 7) is 10.3. The van der Waals surface area contributed by atoms with Crippen molar-refractivity contribution in [3.05, 3.63) is 105 Å². The molecule has 3 aliphatic carbocycles. The molecule has 3 aliphatic rings. The van der Waals surface area contributed by atoms with Gasteiger partial charge < -0.3 is 25.2 Å². The molecule has 0 bridgehead atoms. The fraction of sp³-hybridized carbons (Fsp3) is 0.405. The van der Waals surface area contributed by atoms with Crippen molar-refractivity contribution in [3.8, 4) is 22.6 Å². The second kappa shape index (κ2) is 12.3. The zero-order chi connectivity index (χ0) is 36.5. The molecule has 0 heterocycles. The lowest BCUT2D eigenvalue weighted by molar-refractivity contribution is -0.171. The predicted octanol–water partition coefficient (Wildman–Crippen LogP) is 7.51. The van der Waals surface area contributed by atoms with Crippen LogP contribution in [0.25, 0.3) is 11.1 Å². The minimum atomic E-state index is -2.65. The van der Waals surface area contributed by atoms with Crippen molar-refractivity contribution in [2.24, 2.45) is 22.7 Å². The largest absolute Gasteiger partial charge is 0.511 e. The quantitative estimate of drug-likeness (QED) is 0.180. The molecule has 1 unspecified atom stereocenters. The van der Waals surface area contributed by atoms with Crippen LogP contribution in [0.5, 0.6) is 11.5 Å². The Hall–Kier alpha value is -4.69. The maximum atomic E-state index is 14.6. The lowest BCUT2D eigenvalue weighted by atomic mass is 9.44. The average Bonchev–Trinajstić information content (AvgIpc) is 3.02. The maximum absolute atomic E-state index is 14.6. The number of aryl methyl sites for hydroxylation is 3. The molecule has 3 aromatic carbocycles. The average molecular weight is 679 g/mol. The Kier molecular flexibility index (Phi) is 8.62. The second-order valence-corrected chi connectivity index (χ2v) is 15.3. The van der Waals surface area contributed by atoms with Crippen LogP contribution in [-0.4, -0.2) is 50.5 Å². The van der Waals surface area contributed by atoms with Gasteiger partial charge in [-0.1, -0.05) is 69.7 Å². The van der Waals surface area contributed by atoms with Gasteiger partial charge in [-0.3, -0.25) is 14.4 Å². The Morgan fingerprint density at radius 1 is 0.960 bits per heavy atom. The number of carbonyl (C=O) groups excluding carboxylic acids is 3. The molecule has 0 radical (unpaired) electrons. The fourth-order valence-electron chi connectivity index (χ4n) is 9.47. The third-order valence-corrected chi connectivity index (χ3v) is 11.5. The second-order valence-electron chi connectivity index (χ2n) is 15.3. The molecule has 0 aromatic heterocycles. The molecule has 0 amide bonds. The minimum Gasteiger partial charge on any atom is -0.511 e. The van der Waals surface area contributed by atoms with Crippen molar-refractivity contribution < 1.29 is 39.5 Å². The summed E-state index contributed by atoms with van der Waals surface area (Å²) in [5.41, 5.74) is -0.444. The summed E-state index contributed by atoms with van der Waals surface area (Å²) in [6.07, 6.45) is 2.86. The van der Waals surface area contributed by atoms with Crippen LogP contribution in [0.2, 0.25) is 0 Å². The van der Waals surface area contributed by atoms with Crippen molar-refractivity contribution in [2.45, 2.75) is 79.2 Å². The smallest absolute Gasteiger partial charge is 0.209 e. The number of hydrogen-bond donors (Lipinski definition) is 4. The maximum Gasteiger partial charge on any atom is 0.209 e. The van der Waals surface area contributed by atoms with Crippen LogP contribution in [0.3, 0.4) is 0 Å². The van der Waals surface area contributed by atoms with Gasteiger partial charge in [-0.05, 0) is 92.3 Å². The SMILES string of the molecule is COc1ccc(CCCc2cccc(C)c2)cc1-c1ccc(O)c2c1C[C@]1(C)C[C@]3(C)C(C(C)C)C(O)=C(C(C)=O)C(=O)[C@]3(O)C(O)=C1C2=O. The first-order valence-corrected chi connectivity index (χ1v) is 17.3. The van der Waals surface area contributed by atoms with E-state index in [9.17, 15) is 34.8 Å². The lowest BCUT2D eigenvalue weighted by Crippen LogP contribution is -2.67. The summed E-state index contributed by atoms with van der Waals surface area (Å²) < 4.78 is 5.80. The number of phenolic OH excluding ortho intramolecular Hbond substituents is 1. The Balaban J connectivity index is 1.48. The Labute approximate surface area is 293 Å². The molecule has 4 N–H and O–H groups in total. The van der Waals surface area contributed by atoms with Crippen LogP contribution in [0, 0.1) is 29.6 Å². The fourth-order valence-corrected chi connectivity index (χ4v) is 9.47. The highest BCUT2D eigenvalue weighted by atomic mass is 16.5. The molecule has 8 nitrogen and oxygen atoms in total. The molecule has 3 aromatic rings. The van der Waals surface area contributed by atoms with Crippen LogP contribution < -0.4 is 4.74 Å². The number of Topliss-reactive ketones (excluding diaryl/α,β-unsaturated/α-hetero) is 3. The zero-order valence-electron chi connectivity index (χ0n) is 29.8. The number of fused-ring (bicyclic) bond motifs is 3. The van der Waals surface area contributed by atoms with Crippen molar-refractivity contribution in [1.82, 2.24) is 0 Å². The normalized spacial score (nSPS) is 26.1. The number of carbonyl (C=O) groups is 3. The highest BCUT2D eigenvalue weighted by molar-refractivity contribution is 6.25. The standard InChI is InChI=1S/C42H46O8/c1-22(2)34-36(45)32(24(4)43)38(47)42(49)39(48)35-37(46)33-29(20-40(35,5)21-41(34,42)6)27(15-16-30(33)44)28-19-26(14-17-31(28)50-7)13-9-12-25-11-8-10-23(3)18-25/h8,10-11,14-19,22,34,44-45,48-49H,9,12-13,20-21H2,1-7H3/t34?,40-,41-,42+/m1/s1. The van der Waals surface area contributed by atoms with Gasteiger partial charge in [-0.2, -0.15) is 0 Å². The first kappa shape index (κ1) is 35.1. The number of ketones is 3. The zero-order valence-corrected chi connectivity index (χ0v) is 29.8. The van der Waals surface area contributed by atoms with Crippen LogP contribution in [-0.2, 0) is 28.9 Å². The van der Waals surface area contributed by atoms with Crippen molar-refractivity contribution in [2.75, 3.05) is 7.11 Å².